The van der Waals surface area contributed by atoms with Crippen LogP contribution >= 0.6 is 0 Å². The molecule has 1 heterocycles. The largest absolute Gasteiger partial charge is 0.483 e. The normalized spacial score (nSPS) is 10.1. The fourth-order valence-electron chi connectivity index (χ4n) is 2.35. The van der Waals surface area contributed by atoms with Gasteiger partial charge in [0, 0.05) is 0 Å². The number of nitriles is 1. The number of nitrogens with zero attached hydrogens (tertiary/aromatic N) is 1. The maximum atomic E-state index is 12.1. The van der Waals surface area contributed by atoms with E-state index in [-0.39, 0.29) is 29.4 Å². The van der Waals surface area contributed by atoms with Gasteiger partial charge in [0.2, 0.25) is 5.88 Å². The number of rotatable bonds is 5. The summed E-state index contributed by atoms with van der Waals surface area (Å²) in [6.07, 6.45) is 0. The van der Waals surface area contributed by atoms with E-state index in [9.17, 15) is 14.9 Å². The molecule has 1 aromatic heterocycles. The second-order valence-corrected chi connectivity index (χ2v) is 5.44. The molecule has 0 bridgehead atoms. The molecule has 1 aromatic carbocycles. The van der Waals surface area contributed by atoms with Crippen LogP contribution in [-0.4, -0.2) is 18.3 Å². The van der Waals surface area contributed by atoms with Gasteiger partial charge >= 0.3 is 0 Å². The number of anilines is 1. The van der Waals surface area contributed by atoms with Crippen LogP contribution in [0.5, 0.6) is 5.75 Å². The lowest BCUT2D eigenvalue weighted by molar-refractivity contribution is -0.118. The molecule has 1 N–H and O–H groups in total. The van der Waals surface area contributed by atoms with Gasteiger partial charge in [0.1, 0.15) is 23.1 Å². The van der Waals surface area contributed by atoms with E-state index in [4.69, 9.17) is 9.15 Å². The van der Waals surface area contributed by atoms with Gasteiger partial charge in [0.05, 0.1) is 5.56 Å². The molecular formula is C18H18N2O4. The fraction of sp³-hybridized carbons (Fsp3) is 0.278. The lowest BCUT2D eigenvalue weighted by atomic mass is 10.1. The Bertz CT molecular complexity index is 843. The summed E-state index contributed by atoms with van der Waals surface area (Å²) in [6.45, 7) is 6.54. The molecule has 0 aliphatic rings. The molecule has 0 fully saturated rings. The predicted octanol–water partition coefficient (Wildman–Crippen LogP) is 3.30. The molecule has 0 saturated heterocycles. The minimum absolute atomic E-state index is 0.0279. The lowest BCUT2D eigenvalue weighted by Crippen LogP contribution is -2.20. The van der Waals surface area contributed by atoms with Gasteiger partial charge in [0.25, 0.3) is 5.91 Å². The average Bonchev–Trinajstić information content (AvgIpc) is 2.84. The zero-order valence-electron chi connectivity index (χ0n) is 14.0. The summed E-state index contributed by atoms with van der Waals surface area (Å²) in [6, 6.07) is 7.47. The van der Waals surface area contributed by atoms with Crippen molar-refractivity contribution < 1.29 is 18.7 Å². The Morgan fingerprint density at radius 3 is 2.62 bits per heavy atom. The number of ether oxygens (including phenoxy) is 1. The quantitative estimate of drug-likeness (QED) is 0.851. The smallest absolute Gasteiger partial charge is 0.264 e. The van der Waals surface area contributed by atoms with Crippen LogP contribution in [0.2, 0.25) is 0 Å². The second-order valence-electron chi connectivity index (χ2n) is 5.44. The molecular weight excluding hydrogens is 308 g/mol. The first-order valence-electron chi connectivity index (χ1n) is 7.38. The Kier molecular flexibility index (Phi) is 5.05. The first-order valence-corrected chi connectivity index (χ1v) is 7.38. The summed E-state index contributed by atoms with van der Waals surface area (Å²) >= 11 is 0. The molecule has 1 amide bonds. The van der Waals surface area contributed by atoms with E-state index in [0.717, 1.165) is 11.1 Å². The molecule has 2 rings (SSSR count). The SMILES string of the molecule is CC(=O)c1c(C)oc(NC(=O)COc2cccc(C)c2C)c1C#N. The van der Waals surface area contributed by atoms with E-state index in [1.807, 2.05) is 32.0 Å². The number of amides is 1. The number of carbonyl (C=O) groups excluding carboxylic acids is 2. The topological polar surface area (TPSA) is 92.3 Å². The summed E-state index contributed by atoms with van der Waals surface area (Å²) < 4.78 is 10.8. The number of aryl methyl sites for hydroxylation is 2. The average molecular weight is 326 g/mol. The van der Waals surface area contributed by atoms with Gasteiger partial charge < -0.3 is 9.15 Å². The predicted molar refractivity (Wildman–Crippen MR) is 88.2 cm³/mol. The van der Waals surface area contributed by atoms with Gasteiger partial charge in [-0.1, -0.05) is 12.1 Å². The highest BCUT2D eigenvalue weighted by molar-refractivity contribution is 6.01. The molecule has 0 saturated carbocycles. The van der Waals surface area contributed by atoms with E-state index < -0.39 is 5.91 Å². The number of benzene rings is 1. The van der Waals surface area contributed by atoms with Crippen LogP contribution in [0.3, 0.4) is 0 Å². The Hall–Kier alpha value is -3.07. The summed E-state index contributed by atoms with van der Waals surface area (Å²) in [5, 5.41) is 11.7. The van der Waals surface area contributed by atoms with Crippen molar-refractivity contribution >= 4 is 17.6 Å². The summed E-state index contributed by atoms with van der Waals surface area (Å²) in [4.78, 5) is 23.6. The maximum absolute atomic E-state index is 12.1. The number of hydrogen-bond acceptors (Lipinski definition) is 5. The first kappa shape index (κ1) is 17.3. The van der Waals surface area contributed by atoms with Gasteiger partial charge in [-0.3, -0.25) is 14.9 Å². The number of Topliss-reactive ketones (excluding diaryl/α,β-unsaturated/α-hetero) is 1. The van der Waals surface area contributed by atoms with Crippen LogP contribution in [0.1, 0.15) is 39.7 Å². The van der Waals surface area contributed by atoms with Gasteiger partial charge in [-0.25, -0.2) is 0 Å². The van der Waals surface area contributed by atoms with Gasteiger partial charge in [-0.15, -0.1) is 0 Å². The highest BCUT2D eigenvalue weighted by atomic mass is 16.5. The Labute approximate surface area is 140 Å². The molecule has 2 aromatic rings. The zero-order valence-corrected chi connectivity index (χ0v) is 14.0. The fourth-order valence-corrected chi connectivity index (χ4v) is 2.35. The molecule has 124 valence electrons. The van der Waals surface area contributed by atoms with Gasteiger partial charge in [-0.2, -0.15) is 5.26 Å². The van der Waals surface area contributed by atoms with Crippen molar-refractivity contribution in [3.05, 3.63) is 46.2 Å². The first-order chi connectivity index (χ1) is 11.3. The number of furan rings is 1. The maximum Gasteiger partial charge on any atom is 0.264 e. The van der Waals surface area contributed by atoms with E-state index in [1.54, 1.807) is 13.0 Å². The molecule has 6 heteroatoms. The van der Waals surface area contributed by atoms with Gasteiger partial charge in [0.15, 0.2) is 12.4 Å². The molecule has 0 atom stereocenters. The number of ketones is 1. The molecule has 0 radical (unpaired) electrons. The molecule has 0 spiro atoms. The number of carbonyl (C=O) groups is 2. The highest BCUT2D eigenvalue weighted by Crippen LogP contribution is 2.27. The summed E-state index contributed by atoms with van der Waals surface area (Å²) in [5.41, 5.74) is 2.23. The van der Waals surface area contributed by atoms with Crippen LogP contribution in [0.25, 0.3) is 0 Å². The van der Waals surface area contributed by atoms with Crippen molar-refractivity contribution in [1.29, 1.82) is 5.26 Å². The third-order valence-corrected chi connectivity index (χ3v) is 3.71. The Balaban J connectivity index is 2.11. The third-order valence-electron chi connectivity index (χ3n) is 3.71. The van der Waals surface area contributed by atoms with E-state index in [2.05, 4.69) is 5.32 Å². The molecule has 0 aliphatic heterocycles. The minimum atomic E-state index is -0.476. The van der Waals surface area contributed by atoms with Crippen molar-refractivity contribution in [2.45, 2.75) is 27.7 Å². The van der Waals surface area contributed by atoms with E-state index in [1.165, 1.54) is 6.92 Å². The van der Waals surface area contributed by atoms with E-state index in [0.29, 0.717) is 11.5 Å². The summed E-state index contributed by atoms with van der Waals surface area (Å²) in [5.74, 6) is 0.112. The molecule has 0 aliphatic carbocycles. The van der Waals surface area contributed by atoms with Crippen LogP contribution in [-0.2, 0) is 4.79 Å². The monoisotopic (exact) mass is 326 g/mol. The standard InChI is InChI=1S/C18H18N2O4/c1-10-6-5-7-15(11(10)2)23-9-16(22)20-18-14(8-19)17(12(3)21)13(4)24-18/h5-7H,9H2,1-4H3,(H,20,22). The van der Waals surface area contributed by atoms with Crippen molar-refractivity contribution in [1.82, 2.24) is 0 Å². The summed E-state index contributed by atoms with van der Waals surface area (Å²) in [7, 11) is 0. The molecule has 24 heavy (non-hydrogen) atoms. The van der Waals surface area contributed by atoms with Crippen molar-refractivity contribution in [3.63, 3.8) is 0 Å². The van der Waals surface area contributed by atoms with Crippen LogP contribution in [0, 0.1) is 32.1 Å². The van der Waals surface area contributed by atoms with Crippen LogP contribution in [0.15, 0.2) is 22.6 Å². The minimum Gasteiger partial charge on any atom is -0.483 e. The van der Waals surface area contributed by atoms with Gasteiger partial charge in [-0.05, 0) is 44.9 Å². The van der Waals surface area contributed by atoms with Crippen LogP contribution in [0.4, 0.5) is 5.88 Å². The van der Waals surface area contributed by atoms with Crippen molar-refractivity contribution in [2.24, 2.45) is 0 Å². The highest BCUT2D eigenvalue weighted by Gasteiger charge is 2.22. The lowest BCUT2D eigenvalue weighted by Gasteiger charge is -2.10. The Morgan fingerprint density at radius 1 is 1.29 bits per heavy atom. The van der Waals surface area contributed by atoms with Crippen molar-refractivity contribution in [3.8, 4) is 11.8 Å². The molecule has 0 unspecified atom stereocenters. The van der Waals surface area contributed by atoms with Crippen molar-refractivity contribution in [2.75, 3.05) is 11.9 Å². The third kappa shape index (κ3) is 3.46. The Morgan fingerprint density at radius 2 is 2.00 bits per heavy atom. The van der Waals surface area contributed by atoms with E-state index >= 15 is 0 Å². The molecule has 6 nitrogen and oxygen atoms in total. The van der Waals surface area contributed by atoms with Crippen LogP contribution < -0.4 is 10.1 Å². The number of nitrogens with one attached hydrogen (secondary N) is 1. The second kappa shape index (κ2) is 7.01. The number of hydrogen-bond donors (Lipinski definition) is 1. The zero-order chi connectivity index (χ0) is 17.9.